The van der Waals surface area contributed by atoms with Crippen LogP contribution in [0.15, 0.2) is 24.4 Å². The average Bonchev–Trinajstić information content (AvgIpc) is 2.62. The topological polar surface area (TPSA) is 29.9 Å². The van der Waals surface area contributed by atoms with Gasteiger partial charge in [-0.1, -0.05) is 17.7 Å². The zero-order valence-corrected chi connectivity index (χ0v) is 10.4. The van der Waals surface area contributed by atoms with Gasteiger partial charge in [0.15, 0.2) is 0 Å². The van der Waals surface area contributed by atoms with E-state index in [1.54, 1.807) is 22.9 Å². The average molecular weight is 254 g/mol. The predicted molar refractivity (Wildman–Crippen MR) is 66.7 cm³/mol. The molecule has 0 aliphatic carbocycles. The summed E-state index contributed by atoms with van der Waals surface area (Å²) in [5.41, 5.74) is 1.48. The maximum absolute atomic E-state index is 13.5. The fourth-order valence-electron chi connectivity index (χ4n) is 1.54. The molecule has 1 heterocycles. The molecule has 0 radical (unpaired) electrons. The molecule has 1 aromatic heterocycles. The van der Waals surface area contributed by atoms with E-state index in [4.69, 9.17) is 11.6 Å². The zero-order chi connectivity index (χ0) is 12.4. The molecule has 0 bridgehead atoms. The fraction of sp³-hybridized carbons (Fsp3) is 0.250. The normalized spacial score (nSPS) is 10.6. The van der Waals surface area contributed by atoms with E-state index < -0.39 is 0 Å². The lowest BCUT2D eigenvalue weighted by atomic mass is 10.2. The number of benzene rings is 1. The van der Waals surface area contributed by atoms with Crippen molar-refractivity contribution < 1.29 is 4.39 Å². The Balaban J connectivity index is 2.12. The molecular formula is C12H13ClFN3. The molecule has 0 saturated carbocycles. The summed E-state index contributed by atoms with van der Waals surface area (Å²) in [4.78, 5) is 4.13. The quantitative estimate of drug-likeness (QED) is 0.911. The number of nitrogens with zero attached hydrogens (tertiary/aromatic N) is 2. The highest BCUT2D eigenvalue weighted by Crippen LogP contribution is 2.17. The molecule has 90 valence electrons. The second-order valence-electron chi connectivity index (χ2n) is 3.89. The molecule has 0 fully saturated rings. The van der Waals surface area contributed by atoms with Gasteiger partial charge in [0.25, 0.3) is 0 Å². The van der Waals surface area contributed by atoms with E-state index in [1.165, 1.54) is 6.07 Å². The molecule has 1 N–H and O–H groups in total. The minimum atomic E-state index is -0.268. The number of hydrogen-bond donors (Lipinski definition) is 1. The van der Waals surface area contributed by atoms with E-state index in [-0.39, 0.29) is 5.82 Å². The summed E-state index contributed by atoms with van der Waals surface area (Å²) >= 11 is 5.87. The number of rotatable bonds is 3. The predicted octanol–water partition coefficient (Wildman–Crippen LogP) is 3.13. The van der Waals surface area contributed by atoms with E-state index in [0.717, 1.165) is 11.4 Å². The molecule has 0 unspecified atom stereocenters. The van der Waals surface area contributed by atoms with Gasteiger partial charge in [0.1, 0.15) is 16.8 Å². The molecule has 1 aromatic carbocycles. The van der Waals surface area contributed by atoms with Crippen molar-refractivity contribution in [2.24, 2.45) is 7.05 Å². The Morgan fingerprint density at radius 3 is 2.88 bits per heavy atom. The number of aromatic nitrogens is 2. The molecule has 0 atom stereocenters. The van der Waals surface area contributed by atoms with Crippen LogP contribution in [0.25, 0.3) is 0 Å². The van der Waals surface area contributed by atoms with Crippen LogP contribution in [-0.2, 0) is 13.6 Å². The maximum atomic E-state index is 13.5. The van der Waals surface area contributed by atoms with Crippen LogP contribution in [0, 0.1) is 12.7 Å². The Bertz CT molecular complexity index is 537. The van der Waals surface area contributed by atoms with Gasteiger partial charge in [0.2, 0.25) is 0 Å². The SMILES string of the molecule is Cc1ccc(F)c(NCc2ncc(Cl)n2C)c1. The lowest BCUT2D eigenvalue weighted by Crippen LogP contribution is -2.07. The number of aryl methyl sites for hydroxylation is 1. The van der Waals surface area contributed by atoms with Gasteiger partial charge in [-0.3, -0.25) is 0 Å². The van der Waals surface area contributed by atoms with Crippen LogP contribution < -0.4 is 5.32 Å². The third-order valence-electron chi connectivity index (χ3n) is 2.59. The molecule has 0 spiro atoms. The van der Waals surface area contributed by atoms with Crippen LogP contribution in [-0.4, -0.2) is 9.55 Å². The van der Waals surface area contributed by atoms with Crippen LogP contribution >= 0.6 is 11.6 Å². The number of hydrogen-bond acceptors (Lipinski definition) is 2. The lowest BCUT2D eigenvalue weighted by Gasteiger charge is -2.08. The maximum Gasteiger partial charge on any atom is 0.146 e. The van der Waals surface area contributed by atoms with Gasteiger partial charge in [-0.15, -0.1) is 0 Å². The van der Waals surface area contributed by atoms with Crippen molar-refractivity contribution in [3.63, 3.8) is 0 Å². The van der Waals surface area contributed by atoms with Crippen molar-refractivity contribution in [2.45, 2.75) is 13.5 Å². The fourth-order valence-corrected chi connectivity index (χ4v) is 1.68. The molecule has 0 amide bonds. The van der Waals surface area contributed by atoms with Crippen molar-refractivity contribution in [3.8, 4) is 0 Å². The summed E-state index contributed by atoms with van der Waals surface area (Å²) in [6, 6.07) is 4.95. The highest BCUT2D eigenvalue weighted by Gasteiger charge is 2.06. The summed E-state index contributed by atoms with van der Waals surface area (Å²) in [6.45, 7) is 2.35. The number of imidazole rings is 1. The summed E-state index contributed by atoms with van der Waals surface area (Å²) in [5, 5.41) is 3.57. The number of halogens is 2. The summed E-state index contributed by atoms with van der Waals surface area (Å²) in [6.07, 6.45) is 1.57. The van der Waals surface area contributed by atoms with E-state index in [2.05, 4.69) is 10.3 Å². The summed E-state index contributed by atoms with van der Waals surface area (Å²) in [7, 11) is 1.82. The van der Waals surface area contributed by atoms with Crippen molar-refractivity contribution in [1.82, 2.24) is 9.55 Å². The van der Waals surface area contributed by atoms with Gasteiger partial charge in [0, 0.05) is 7.05 Å². The van der Waals surface area contributed by atoms with E-state index in [9.17, 15) is 4.39 Å². The van der Waals surface area contributed by atoms with E-state index >= 15 is 0 Å². The standard InChI is InChI=1S/C12H13ClFN3/c1-8-3-4-9(14)10(5-8)15-7-12-16-6-11(13)17(12)2/h3-6,15H,7H2,1-2H3. The molecule has 17 heavy (non-hydrogen) atoms. The molecular weight excluding hydrogens is 241 g/mol. The molecule has 2 rings (SSSR count). The van der Waals surface area contributed by atoms with Gasteiger partial charge in [-0.2, -0.15) is 0 Å². The number of nitrogens with one attached hydrogen (secondary N) is 1. The highest BCUT2D eigenvalue weighted by atomic mass is 35.5. The van der Waals surface area contributed by atoms with Crippen LogP contribution in [0.3, 0.4) is 0 Å². The monoisotopic (exact) mass is 253 g/mol. The van der Waals surface area contributed by atoms with Crippen LogP contribution in [0.1, 0.15) is 11.4 Å². The minimum absolute atomic E-state index is 0.268. The molecule has 3 nitrogen and oxygen atoms in total. The largest absolute Gasteiger partial charge is 0.375 e. The summed E-state index contributed by atoms with van der Waals surface area (Å²) < 4.78 is 15.2. The molecule has 0 aliphatic rings. The Morgan fingerprint density at radius 1 is 1.47 bits per heavy atom. The van der Waals surface area contributed by atoms with Crippen molar-refractivity contribution in [3.05, 3.63) is 46.8 Å². The van der Waals surface area contributed by atoms with Crippen LogP contribution in [0.4, 0.5) is 10.1 Å². The van der Waals surface area contributed by atoms with Gasteiger partial charge in [0.05, 0.1) is 18.4 Å². The van der Waals surface area contributed by atoms with Crippen molar-refractivity contribution in [1.29, 1.82) is 0 Å². The highest BCUT2D eigenvalue weighted by molar-refractivity contribution is 6.29. The third kappa shape index (κ3) is 2.58. The molecule has 0 aliphatic heterocycles. The smallest absolute Gasteiger partial charge is 0.146 e. The first kappa shape index (κ1) is 11.9. The first-order valence-corrected chi connectivity index (χ1v) is 5.62. The Labute approximate surface area is 104 Å². The molecule has 5 heteroatoms. The molecule has 2 aromatic rings. The Kier molecular flexibility index (Phi) is 3.33. The van der Waals surface area contributed by atoms with Gasteiger partial charge >= 0.3 is 0 Å². The first-order valence-electron chi connectivity index (χ1n) is 5.24. The number of anilines is 1. The van der Waals surface area contributed by atoms with E-state index in [0.29, 0.717) is 17.4 Å². The van der Waals surface area contributed by atoms with Gasteiger partial charge in [-0.05, 0) is 24.6 Å². The van der Waals surface area contributed by atoms with Gasteiger partial charge < -0.3 is 9.88 Å². The minimum Gasteiger partial charge on any atom is -0.375 e. The second kappa shape index (κ2) is 4.75. The summed E-state index contributed by atoms with van der Waals surface area (Å²) in [5.74, 6) is 0.492. The van der Waals surface area contributed by atoms with Crippen molar-refractivity contribution in [2.75, 3.05) is 5.32 Å². The van der Waals surface area contributed by atoms with Crippen molar-refractivity contribution >= 4 is 17.3 Å². The first-order chi connectivity index (χ1) is 8.08. The Hall–Kier alpha value is -1.55. The second-order valence-corrected chi connectivity index (χ2v) is 4.28. The zero-order valence-electron chi connectivity index (χ0n) is 9.67. The van der Waals surface area contributed by atoms with E-state index in [1.807, 2.05) is 14.0 Å². The van der Waals surface area contributed by atoms with Crippen LogP contribution in [0.2, 0.25) is 5.15 Å². The van der Waals surface area contributed by atoms with Gasteiger partial charge in [-0.25, -0.2) is 9.37 Å². The Morgan fingerprint density at radius 2 is 2.24 bits per heavy atom. The van der Waals surface area contributed by atoms with Crippen LogP contribution in [0.5, 0.6) is 0 Å². The molecule has 0 saturated heterocycles. The lowest BCUT2D eigenvalue weighted by molar-refractivity contribution is 0.629. The third-order valence-corrected chi connectivity index (χ3v) is 2.94.